The Morgan fingerprint density at radius 2 is 1.46 bits per heavy atom. The number of carbonyl (C=O) groups excluding carboxylic acids is 3. The van der Waals surface area contributed by atoms with E-state index < -0.39 is 35.6 Å². The molecule has 0 radical (unpaired) electrons. The third kappa shape index (κ3) is 11.3. The van der Waals surface area contributed by atoms with Crippen molar-refractivity contribution in [1.82, 2.24) is 10.2 Å². The van der Waals surface area contributed by atoms with Crippen molar-refractivity contribution in [2.45, 2.75) is 72.4 Å². The van der Waals surface area contributed by atoms with Crippen LogP contribution in [0.25, 0.3) is 0 Å². The van der Waals surface area contributed by atoms with Gasteiger partial charge in [0, 0.05) is 36.2 Å². The molecule has 3 atom stereocenters. The molecule has 0 fully saturated rings. The fourth-order valence-corrected chi connectivity index (χ4v) is 4.29. The molecule has 6 nitrogen and oxygen atoms in total. The number of ketones is 1. The van der Waals surface area contributed by atoms with E-state index in [1.54, 1.807) is 30.9 Å². The number of nitrogens with one attached hydrogen (secondary N) is 1. The number of hydrogen-bond donors (Lipinski definition) is 2. The molecule has 2 aromatic carbocycles. The molecule has 0 aliphatic carbocycles. The average Bonchev–Trinajstić information content (AvgIpc) is 2.81. The van der Waals surface area contributed by atoms with Crippen LogP contribution in [0.4, 0.5) is 8.78 Å². The van der Waals surface area contributed by atoms with Crippen molar-refractivity contribution in [2.24, 2.45) is 5.92 Å². The molecule has 2 rings (SSSR count). The second-order valence-corrected chi connectivity index (χ2v) is 9.76. The van der Waals surface area contributed by atoms with Gasteiger partial charge in [0.05, 0.1) is 12.1 Å². The quantitative estimate of drug-likeness (QED) is 0.344. The summed E-state index contributed by atoms with van der Waals surface area (Å²) in [7, 11) is 0. The number of rotatable bonds is 13. The Kier molecular flexibility index (Phi) is 16.2. The van der Waals surface area contributed by atoms with Gasteiger partial charge in [0.1, 0.15) is 17.4 Å². The molecule has 218 valence electrons. The summed E-state index contributed by atoms with van der Waals surface area (Å²) < 4.78 is 27.6. The molecule has 1 unspecified atom stereocenters. The van der Waals surface area contributed by atoms with Crippen LogP contribution in [0.15, 0.2) is 36.4 Å². The molecule has 0 aliphatic heterocycles. The minimum atomic E-state index is -1.15. The second kappa shape index (κ2) is 17.3. The molecule has 2 amide bonds. The van der Waals surface area contributed by atoms with Gasteiger partial charge in [-0.05, 0) is 81.0 Å². The first-order valence-corrected chi connectivity index (χ1v) is 12.8. The first kappa shape index (κ1) is 36.6. The highest BCUT2D eigenvalue weighted by Crippen LogP contribution is 2.18. The number of amides is 2. The van der Waals surface area contributed by atoms with Crippen molar-refractivity contribution in [3.63, 3.8) is 0 Å². The average molecular weight is 585 g/mol. The summed E-state index contributed by atoms with van der Waals surface area (Å²) in [6.45, 7) is 10.1. The minimum absolute atomic E-state index is 0. The highest BCUT2D eigenvalue weighted by atomic mass is 32.1. The maximum Gasteiger partial charge on any atom is 0.253 e. The summed E-state index contributed by atoms with van der Waals surface area (Å²) in [5.74, 6) is -2.82. The van der Waals surface area contributed by atoms with Crippen LogP contribution in [0.5, 0.6) is 0 Å². The number of halogens is 2. The van der Waals surface area contributed by atoms with E-state index in [4.69, 9.17) is 0 Å². The molecule has 0 aromatic heterocycles. The molecule has 0 bridgehead atoms. The van der Waals surface area contributed by atoms with Crippen LogP contribution in [0.1, 0.15) is 78.8 Å². The van der Waals surface area contributed by atoms with E-state index in [0.717, 1.165) is 36.6 Å². The molecule has 0 aliphatic rings. The molecule has 0 heterocycles. The summed E-state index contributed by atoms with van der Waals surface area (Å²) >= 11 is 0. The standard InChI is InChI=1S/C29H38F2N2O4.2H2S/c1-6-8-33(9-7-2)29(37)23-11-18(3)10-22(16-23)28(36)32-26(27(35)12-19(4)20(5)34)15-21-13-24(30)17-25(31)14-21;;/h10-11,13-14,16-17,19,26-27,35H,6-9,12,15H2,1-5H3,(H,32,36);2*1H2/t19-,26?,27+;;/m1../s1. The van der Waals surface area contributed by atoms with E-state index in [1.165, 1.54) is 13.0 Å². The molecule has 0 spiro atoms. The van der Waals surface area contributed by atoms with Gasteiger partial charge in [0.25, 0.3) is 11.8 Å². The lowest BCUT2D eigenvalue weighted by Crippen LogP contribution is -2.46. The Morgan fingerprint density at radius 1 is 0.923 bits per heavy atom. The first-order chi connectivity index (χ1) is 17.4. The second-order valence-electron chi connectivity index (χ2n) is 9.76. The van der Waals surface area contributed by atoms with Crippen molar-refractivity contribution in [3.8, 4) is 0 Å². The van der Waals surface area contributed by atoms with Gasteiger partial charge in [-0.3, -0.25) is 14.4 Å². The molecule has 0 saturated heterocycles. The lowest BCUT2D eigenvalue weighted by molar-refractivity contribution is -0.121. The molecule has 39 heavy (non-hydrogen) atoms. The number of aliphatic hydroxyl groups is 1. The Hall–Kier alpha value is -2.43. The van der Waals surface area contributed by atoms with E-state index in [1.807, 2.05) is 13.8 Å². The van der Waals surface area contributed by atoms with Crippen molar-refractivity contribution in [2.75, 3.05) is 13.1 Å². The summed E-state index contributed by atoms with van der Waals surface area (Å²) in [5.41, 5.74) is 1.60. The highest BCUT2D eigenvalue weighted by molar-refractivity contribution is 7.59. The Balaban J connectivity index is 0.00000722. The fourth-order valence-electron chi connectivity index (χ4n) is 4.29. The van der Waals surface area contributed by atoms with E-state index in [9.17, 15) is 28.3 Å². The van der Waals surface area contributed by atoms with Crippen LogP contribution in [0.3, 0.4) is 0 Å². The van der Waals surface area contributed by atoms with Gasteiger partial charge >= 0.3 is 0 Å². The number of nitrogens with zero attached hydrogens (tertiary/aromatic N) is 1. The lowest BCUT2D eigenvalue weighted by atomic mass is 9.92. The summed E-state index contributed by atoms with van der Waals surface area (Å²) in [6, 6.07) is 6.99. The van der Waals surface area contributed by atoms with Crippen molar-refractivity contribution < 1.29 is 28.3 Å². The maximum atomic E-state index is 13.8. The number of aliphatic hydroxyl groups excluding tert-OH is 1. The van der Waals surface area contributed by atoms with Crippen LogP contribution in [0, 0.1) is 24.5 Å². The SMILES string of the molecule is CCCN(CCC)C(=O)c1cc(C)cc(C(=O)NC(Cc2cc(F)cc(F)c2)[C@@H](O)C[C@@H](C)C(C)=O)c1.S.S. The van der Waals surface area contributed by atoms with Crippen molar-refractivity contribution in [1.29, 1.82) is 0 Å². The zero-order chi connectivity index (χ0) is 27.7. The predicted molar refractivity (Wildman–Crippen MR) is 160 cm³/mol. The van der Waals surface area contributed by atoms with Gasteiger partial charge in [-0.15, -0.1) is 0 Å². The highest BCUT2D eigenvalue weighted by Gasteiger charge is 2.26. The van der Waals surface area contributed by atoms with E-state index in [2.05, 4.69) is 5.32 Å². The van der Waals surface area contributed by atoms with Gasteiger partial charge in [-0.25, -0.2) is 8.78 Å². The largest absolute Gasteiger partial charge is 0.391 e. The zero-order valence-electron chi connectivity index (χ0n) is 23.3. The predicted octanol–water partition coefficient (Wildman–Crippen LogP) is 5.08. The topological polar surface area (TPSA) is 86.7 Å². The monoisotopic (exact) mass is 584 g/mol. The third-order valence-electron chi connectivity index (χ3n) is 6.31. The Morgan fingerprint density at radius 3 is 1.97 bits per heavy atom. The van der Waals surface area contributed by atoms with Gasteiger partial charge in [-0.2, -0.15) is 27.0 Å². The molecular weight excluding hydrogens is 542 g/mol. The van der Waals surface area contributed by atoms with Crippen LogP contribution in [-0.2, 0) is 11.2 Å². The number of aryl methyl sites for hydroxylation is 1. The fraction of sp³-hybridized carbons (Fsp3) is 0.483. The molecular formula is C29H42F2N2O4S2. The molecule has 10 heteroatoms. The van der Waals surface area contributed by atoms with Crippen LogP contribution < -0.4 is 5.32 Å². The van der Waals surface area contributed by atoms with E-state index in [-0.39, 0.29) is 62.7 Å². The maximum absolute atomic E-state index is 13.8. The van der Waals surface area contributed by atoms with Crippen molar-refractivity contribution >= 4 is 44.6 Å². The molecule has 2 aromatic rings. The smallest absolute Gasteiger partial charge is 0.253 e. The first-order valence-electron chi connectivity index (χ1n) is 12.8. The number of benzene rings is 2. The van der Waals surface area contributed by atoms with Gasteiger partial charge < -0.3 is 15.3 Å². The number of carbonyl (C=O) groups is 3. The minimum Gasteiger partial charge on any atom is -0.391 e. The van der Waals surface area contributed by atoms with E-state index >= 15 is 0 Å². The zero-order valence-corrected chi connectivity index (χ0v) is 25.3. The van der Waals surface area contributed by atoms with E-state index in [0.29, 0.717) is 18.7 Å². The lowest BCUT2D eigenvalue weighted by Gasteiger charge is -2.26. The van der Waals surface area contributed by atoms with Crippen molar-refractivity contribution in [3.05, 3.63) is 70.3 Å². The van der Waals surface area contributed by atoms with Gasteiger partial charge in [-0.1, -0.05) is 20.8 Å². The Labute approximate surface area is 244 Å². The summed E-state index contributed by atoms with van der Waals surface area (Å²) in [5, 5.41) is 13.7. The normalized spacial score (nSPS) is 12.8. The van der Waals surface area contributed by atoms with Crippen LogP contribution in [-0.4, -0.2) is 52.8 Å². The third-order valence-corrected chi connectivity index (χ3v) is 6.31. The summed E-state index contributed by atoms with van der Waals surface area (Å²) in [4.78, 5) is 39.9. The van der Waals surface area contributed by atoms with Gasteiger partial charge in [0.15, 0.2) is 0 Å². The van der Waals surface area contributed by atoms with Crippen LogP contribution >= 0.6 is 27.0 Å². The number of hydrogen-bond acceptors (Lipinski definition) is 4. The van der Waals surface area contributed by atoms with Gasteiger partial charge in [0.2, 0.25) is 0 Å². The Bertz CT molecular complexity index is 1090. The molecule has 2 N–H and O–H groups in total. The van der Waals surface area contributed by atoms with Crippen LogP contribution in [0.2, 0.25) is 0 Å². The summed E-state index contributed by atoms with van der Waals surface area (Å²) in [6.07, 6.45) is 0.487. The number of Topliss-reactive ketones (excluding diaryl/α,β-unsaturated/α-hetero) is 1. The molecule has 0 saturated carbocycles.